The van der Waals surface area contributed by atoms with Crippen molar-refractivity contribution in [1.82, 2.24) is 5.32 Å². The van der Waals surface area contributed by atoms with E-state index in [1.54, 1.807) is 6.08 Å². The van der Waals surface area contributed by atoms with Crippen molar-refractivity contribution in [2.24, 2.45) is 0 Å². The number of aliphatic hydroxyl groups is 2. The highest BCUT2D eigenvalue weighted by Crippen LogP contribution is 2.15. The van der Waals surface area contributed by atoms with Crippen molar-refractivity contribution in [2.45, 2.75) is 219 Å². The van der Waals surface area contributed by atoms with Gasteiger partial charge < -0.3 is 15.5 Å². The summed E-state index contributed by atoms with van der Waals surface area (Å²) in [7, 11) is 0. The average molecular weight is 620 g/mol. The number of hydrogen-bond donors (Lipinski definition) is 3. The third kappa shape index (κ3) is 32.3. The van der Waals surface area contributed by atoms with Crippen molar-refractivity contribution in [1.29, 1.82) is 0 Å². The quantitative estimate of drug-likeness (QED) is 0.0488. The van der Waals surface area contributed by atoms with Crippen LogP contribution in [-0.2, 0) is 4.79 Å². The fourth-order valence-corrected chi connectivity index (χ4v) is 5.88. The van der Waals surface area contributed by atoms with E-state index >= 15 is 0 Å². The first kappa shape index (κ1) is 42.9. The van der Waals surface area contributed by atoms with E-state index < -0.39 is 12.1 Å². The Labute approximate surface area is 275 Å². The van der Waals surface area contributed by atoms with E-state index in [2.05, 4.69) is 31.3 Å². The molecule has 0 radical (unpaired) electrons. The van der Waals surface area contributed by atoms with Crippen LogP contribution in [0.25, 0.3) is 0 Å². The molecule has 0 bridgehead atoms. The van der Waals surface area contributed by atoms with Crippen molar-refractivity contribution in [3.05, 3.63) is 24.3 Å². The second-order valence-electron chi connectivity index (χ2n) is 13.3. The van der Waals surface area contributed by atoms with Crippen molar-refractivity contribution >= 4 is 5.91 Å². The minimum absolute atomic E-state index is 0.0702. The Kier molecular flexibility index (Phi) is 35.4. The second-order valence-corrected chi connectivity index (χ2v) is 13.3. The number of carbonyl (C=O) groups is 1. The summed E-state index contributed by atoms with van der Waals surface area (Å²) in [5, 5.41) is 22.6. The largest absolute Gasteiger partial charge is 0.394 e. The molecule has 3 N–H and O–H groups in total. The van der Waals surface area contributed by atoms with Gasteiger partial charge in [-0.25, -0.2) is 0 Å². The molecular weight excluding hydrogens is 542 g/mol. The molecule has 0 aliphatic heterocycles. The molecule has 0 aromatic heterocycles. The Hall–Kier alpha value is -1.13. The summed E-state index contributed by atoms with van der Waals surface area (Å²) >= 11 is 0. The van der Waals surface area contributed by atoms with Crippen LogP contribution in [0.1, 0.15) is 206 Å². The predicted octanol–water partition coefficient (Wildman–Crippen LogP) is 11.7. The van der Waals surface area contributed by atoms with Gasteiger partial charge in [-0.1, -0.05) is 179 Å². The van der Waals surface area contributed by atoms with Crippen LogP contribution in [0.15, 0.2) is 24.3 Å². The highest BCUT2D eigenvalue weighted by molar-refractivity contribution is 5.76. The molecule has 0 rings (SSSR count). The van der Waals surface area contributed by atoms with Crippen molar-refractivity contribution in [3.8, 4) is 0 Å². The van der Waals surface area contributed by atoms with Crippen molar-refractivity contribution in [2.75, 3.05) is 6.61 Å². The van der Waals surface area contributed by atoms with Gasteiger partial charge in [0.1, 0.15) is 0 Å². The lowest BCUT2D eigenvalue weighted by Crippen LogP contribution is -2.45. The molecule has 2 atom stereocenters. The van der Waals surface area contributed by atoms with Gasteiger partial charge in [-0.15, -0.1) is 0 Å². The van der Waals surface area contributed by atoms with Gasteiger partial charge in [-0.2, -0.15) is 0 Å². The Bertz CT molecular complexity index is 632. The molecule has 2 unspecified atom stereocenters. The number of amides is 1. The van der Waals surface area contributed by atoms with Gasteiger partial charge in [0.05, 0.1) is 18.8 Å². The molecular formula is C40H77NO3. The van der Waals surface area contributed by atoms with E-state index in [4.69, 9.17) is 0 Å². The minimum atomic E-state index is -0.831. The molecule has 0 saturated heterocycles. The molecule has 0 saturated carbocycles. The van der Waals surface area contributed by atoms with Crippen molar-refractivity contribution in [3.63, 3.8) is 0 Å². The Morgan fingerprint density at radius 3 is 1.30 bits per heavy atom. The topological polar surface area (TPSA) is 69.6 Å². The van der Waals surface area contributed by atoms with Gasteiger partial charge in [0.25, 0.3) is 0 Å². The lowest BCUT2D eigenvalue weighted by Gasteiger charge is -2.20. The Morgan fingerprint density at radius 2 is 0.864 bits per heavy atom. The van der Waals surface area contributed by atoms with Crippen molar-refractivity contribution < 1.29 is 15.0 Å². The summed E-state index contributed by atoms with van der Waals surface area (Å²) in [6.45, 7) is 4.21. The van der Waals surface area contributed by atoms with Gasteiger partial charge in [0, 0.05) is 6.42 Å². The normalized spacial score (nSPS) is 13.3. The zero-order chi connectivity index (χ0) is 32.2. The summed E-state index contributed by atoms with van der Waals surface area (Å²) in [4.78, 5) is 12.2. The molecule has 0 fully saturated rings. The van der Waals surface area contributed by atoms with Gasteiger partial charge in [-0.05, 0) is 44.9 Å². The summed E-state index contributed by atoms with van der Waals surface area (Å²) in [5.74, 6) is -0.0702. The third-order valence-electron chi connectivity index (χ3n) is 8.93. The van der Waals surface area contributed by atoms with Gasteiger partial charge in [-0.3, -0.25) is 4.79 Å². The van der Waals surface area contributed by atoms with Crippen LogP contribution < -0.4 is 5.32 Å². The lowest BCUT2D eigenvalue weighted by atomic mass is 10.0. The van der Waals surface area contributed by atoms with E-state index in [9.17, 15) is 15.0 Å². The van der Waals surface area contributed by atoms with E-state index in [0.29, 0.717) is 6.42 Å². The van der Waals surface area contributed by atoms with Crippen LogP contribution in [0.3, 0.4) is 0 Å². The summed E-state index contributed by atoms with van der Waals surface area (Å²) in [6, 6.07) is -0.614. The first-order chi connectivity index (χ1) is 21.7. The highest BCUT2D eigenvalue weighted by Gasteiger charge is 2.17. The first-order valence-corrected chi connectivity index (χ1v) is 19.6. The van der Waals surface area contributed by atoms with Gasteiger partial charge >= 0.3 is 0 Å². The van der Waals surface area contributed by atoms with E-state index in [1.165, 1.54) is 161 Å². The zero-order valence-corrected chi connectivity index (χ0v) is 29.7. The Balaban J connectivity index is 3.38. The fraction of sp³-hybridized carbons (Fsp3) is 0.875. The number of hydrogen-bond acceptors (Lipinski definition) is 3. The van der Waals surface area contributed by atoms with Crippen LogP contribution in [0, 0.1) is 0 Å². The predicted molar refractivity (Wildman–Crippen MR) is 193 cm³/mol. The number of allylic oxidation sites excluding steroid dienone is 3. The Morgan fingerprint density at radius 1 is 0.523 bits per heavy atom. The summed E-state index contributed by atoms with van der Waals surface area (Å²) in [6.07, 6.45) is 46.0. The number of nitrogens with one attached hydrogen (secondary N) is 1. The van der Waals surface area contributed by atoms with E-state index in [-0.39, 0.29) is 12.5 Å². The standard InChI is InChI=1S/C40H77NO3/c1-3-5-7-9-10-11-12-13-14-15-16-17-18-19-20-21-22-23-24-25-26-27-28-29-30-32-34-36-40(44)41-38(37-42)39(43)35-33-31-8-6-4-2/h15-16,33,35,38-39,42-43H,3-14,17-32,34,36-37H2,1-2H3,(H,41,44)/b16-15-,35-33+. The SMILES string of the molecule is CCCCC/C=C/C(O)C(CO)NC(=O)CCCCCCCCCCCCCCCCC/C=C\CCCCCCCCCC. The number of carbonyl (C=O) groups excluding carboxylic acids is 1. The van der Waals surface area contributed by atoms with Crippen LogP contribution in [0.5, 0.6) is 0 Å². The molecule has 0 spiro atoms. The van der Waals surface area contributed by atoms with Gasteiger partial charge in [0.2, 0.25) is 5.91 Å². The van der Waals surface area contributed by atoms with Crippen LogP contribution in [0.4, 0.5) is 0 Å². The fourth-order valence-electron chi connectivity index (χ4n) is 5.88. The minimum Gasteiger partial charge on any atom is -0.394 e. The van der Waals surface area contributed by atoms with Crippen LogP contribution >= 0.6 is 0 Å². The maximum atomic E-state index is 12.2. The van der Waals surface area contributed by atoms with E-state index in [1.807, 2.05) is 6.08 Å². The first-order valence-electron chi connectivity index (χ1n) is 19.6. The molecule has 260 valence electrons. The summed E-state index contributed by atoms with van der Waals surface area (Å²) in [5.41, 5.74) is 0. The number of unbranched alkanes of at least 4 members (excludes halogenated alkanes) is 26. The molecule has 0 heterocycles. The maximum Gasteiger partial charge on any atom is 0.220 e. The lowest BCUT2D eigenvalue weighted by molar-refractivity contribution is -0.123. The highest BCUT2D eigenvalue weighted by atomic mass is 16.3. The van der Waals surface area contributed by atoms with Crippen LogP contribution in [-0.4, -0.2) is 34.9 Å². The van der Waals surface area contributed by atoms with E-state index in [0.717, 1.165) is 25.7 Å². The molecule has 0 aromatic rings. The molecule has 0 aromatic carbocycles. The monoisotopic (exact) mass is 620 g/mol. The smallest absolute Gasteiger partial charge is 0.220 e. The molecule has 1 amide bonds. The van der Waals surface area contributed by atoms with Crippen LogP contribution in [0.2, 0.25) is 0 Å². The van der Waals surface area contributed by atoms with Gasteiger partial charge in [0.15, 0.2) is 0 Å². The molecule has 4 nitrogen and oxygen atoms in total. The molecule has 44 heavy (non-hydrogen) atoms. The third-order valence-corrected chi connectivity index (χ3v) is 8.93. The number of aliphatic hydroxyl groups excluding tert-OH is 2. The maximum absolute atomic E-state index is 12.2. The molecule has 4 heteroatoms. The molecule has 0 aliphatic carbocycles. The second kappa shape index (κ2) is 36.3. The molecule has 0 aliphatic rings. The average Bonchev–Trinajstić information content (AvgIpc) is 3.03. The zero-order valence-electron chi connectivity index (χ0n) is 29.7. The summed E-state index contributed by atoms with van der Waals surface area (Å²) < 4.78 is 0. The number of rotatable bonds is 35.